The van der Waals surface area contributed by atoms with Gasteiger partial charge >= 0.3 is 0 Å². The van der Waals surface area contributed by atoms with Gasteiger partial charge in [0, 0.05) is 28.6 Å². The van der Waals surface area contributed by atoms with Crippen molar-refractivity contribution in [3.05, 3.63) is 94.9 Å². The lowest BCUT2D eigenvalue weighted by atomic mass is 9.70. The third-order valence-electron chi connectivity index (χ3n) is 6.26. The first-order valence-electron chi connectivity index (χ1n) is 10.5. The highest BCUT2D eigenvalue weighted by atomic mass is 16.2. The number of hydrogen-bond donors (Lipinski definition) is 0. The molecule has 0 spiro atoms. The van der Waals surface area contributed by atoms with Crippen molar-refractivity contribution in [3.8, 4) is 0 Å². The van der Waals surface area contributed by atoms with Crippen molar-refractivity contribution in [1.82, 2.24) is 9.88 Å². The summed E-state index contributed by atoms with van der Waals surface area (Å²) in [6, 6.07) is 10.1. The van der Waals surface area contributed by atoms with Gasteiger partial charge in [0.1, 0.15) is 0 Å². The number of carbonyl (C=O) groups excluding carboxylic acids is 2. The highest BCUT2D eigenvalue weighted by molar-refractivity contribution is 6.12. The first-order valence-corrected chi connectivity index (χ1v) is 10.5. The van der Waals surface area contributed by atoms with Crippen LogP contribution >= 0.6 is 0 Å². The predicted octanol–water partition coefficient (Wildman–Crippen LogP) is 5.00. The van der Waals surface area contributed by atoms with E-state index >= 15 is 0 Å². The number of hydrogen-bond acceptors (Lipinski definition) is 3. The molecule has 0 atom stereocenters. The minimum absolute atomic E-state index is 0.0522. The number of amides is 2. The van der Waals surface area contributed by atoms with Crippen molar-refractivity contribution in [1.29, 1.82) is 0 Å². The van der Waals surface area contributed by atoms with Crippen molar-refractivity contribution < 1.29 is 9.59 Å². The zero-order valence-corrected chi connectivity index (χ0v) is 18.8. The van der Waals surface area contributed by atoms with Gasteiger partial charge in [-0.25, -0.2) is 0 Å². The van der Waals surface area contributed by atoms with Gasteiger partial charge in [-0.15, -0.1) is 0 Å². The van der Waals surface area contributed by atoms with E-state index < -0.39 is 0 Å². The van der Waals surface area contributed by atoms with Crippen LogP contribution in [0.4, 0.5) is 0 Å². The maximum absolute atomic E-state index is 11.8. The molecular formula is C27H28N2O2. The molecule has 2 amide bonds. The first kappa shape index (κ1) is 21.0. The Morgan fingerprint density at radius 1 is 0.968 bits per heavy atom. The fourth-order valence-electron chi connectivity index (χ4n) is 4.20. The zero-order valence-electron chi connectivity index (χ0n) is 18.8. The molecule has 0 radical (unpaired) electrons. The molecule has 2 aromatic rings. The molecule has 4 nitrogen and oxygen atoms in total. The molecule has 0 saturated heterocycles. The summed E-state index contributed by atoms with van der Waals surface area (Å²) in [6.45, 7) is 15.5. The standard InChI is InChI=1S/C27H28N2O2/c1-17-15-21-25(27(5,6)14-13-26(21,3)4)28-24(17)18(2)20-9-7-19(8-10-20)16-29-22(30)11-12-23(29)31/h7-15H,2,16H2,1,3-6H3. The fraction of sp³-hybridized carbons (Fsp3) is 0.296. The largest absolute Gasteiger partial charge is 0.271 e. The molecule has 0 N–H and O–H groups in total. The number of nitrogens with zero attached hydrogens (tertiary/aromatic N) is 2. The van der Waals surface area contributed by atoms with Crippen molar-refractivity contribution in [2.24, 2.45) is 0 Å². The van der Waals surface area contributed by atoms with E-state index in [9.17, 15) is 9.59 Å². The lowest BCUT2D eigenvalue weighted by Crippen LogP contribution is -2.31. The van der Waals surface area contributed by atoms with Crippen molar-refractivity contribution in [2.75, 3.05) is 0 Å². The molecule has 1 aromatic carbocycles. The van der Waals surface area contributed by atoms with E-state index in [2.05, 4.69) is 59.4 Å². The maximum Gasteiger partial charge on any atom is 0.253 e. The number of allylic oxidation sites excluding steroid dienone is 2. The smallest absolute Gasteiger partial charge is 0.253 e. The van der Waals surface area contributed by atoms with Gasteiger partial charge in [0.2, 0.25) is 0 Å². The number of imide groups is 1. The van der Waals surface area contributed by atoms with E-state index in [0.717, 1.165) is 33.7 Å². The number of pyridine rings is 1. The summed E-state index contributed by atoms with van der Waals surface area (Å²) < 4.78 is 0. The number of aryl methyl sites for hydroxylation is 1. The monoisotopic (exact) mass is 412 g/mol. The molecule has 31 heavy (non-hydrogen) atoms. The molecule has 1 aliphatic heterocycles. The van der Waals surface area contributed by atoms with Gasteiger partial charge in [-0.2, -0.15) is 0 Å². The van der Waals surface area contributed by atoms with Crippen molar-refractivity contribution in [2.45, 2.75) is 52.0 Å². The normalized spacial score (nSPS) is 18.4. The first-order chi connectivity index (χ1) is 14.5. The van der Waals surface area contributed by atoms with Crippen LogP contribution in [0.2, 0.25) is 0 Å². The SMILES string of the molecule is C=C(c1ccc(CN2C(=O)C=CC2=O)cc1)c1nc2c(cc1C)C(C)(C)C=CC2(C)C. The third-order valence-corrected chi connectivity index (χ3v) is 6.26. The molecule has 2 aliphatic rings. The number of carbonyl (C=O) groups is 2. The molecule has 1 aliphatic carbocycles. The molecule has 0 unspecified atom stereocenters. The Balaban J connectivity index is 1.63. The van der Waals surface area contributed by atoms with Crippen LogP contribution in [0.5, 0.6) is 0 Å². The Morgan fingerprint density at radius 3 is 2.16 bits per heavy atom. The molecule has 158 valence electrons. The van der Waals surface area contributed by atoms with Gasteiger partial charge in [0.25, 0.3) is 11.8 Å². The van der Waals surface area contributed by atoms with Crippen LogP contribution in [-0.4, -0.2) is 21.7 Å². The van der Waals surface area contributed by atoms with E-state index in [4.69, 9.17) is 4.98 Å². The van der Waals surface area contributed by atoms with Gasteiger partial charge in [-0.1, -0.05) is 76.8 Å². The fourth-order valence-corrected chi connectivity index (χ4v) is 4.20. The van der Waals surface area contributed by atoms with Crippen LogP contribution in [0.25, 0.3) is 5.57 Å². The molecule has 4 heteroatoms. The average molecular weight is 413 g/mol. The van der Waals surface area contributed by atoms with Gasteiger partial charge in [0.15, 0.2) is 0 Å². The van der Waals surface area contributed by atoms with Crippen LogP contribution in [0, 0.1) is 6.92 Å². The van der Waals surface area contributed by atoms with Gasteiger partial charge in [0.05, 0.1) is 17.9 Å². The zero-order chi connectivity index (χ0) is 22.6. The maximum atomic E-state index is 11.8. The highest BCUT2D eigenvalue weighted by Crippen LogP contribution is 2.41. The Bertz CT molecular complexity index is 1150. The summed E-state index contributed by atoms with van der Waals surface area (Å²) in [5, 5.41) is 0. The number of aromatic nitrogens is 1. The minimum atomic E-state index is -0.271. The van der Waals surface area contributed by atoms with Gasteiger partial charge in [-0.3, -0.25) is 19.5 Å². The second-order valence-corrected chi connectivity index (χ2v) is 9.60. The van der Waals surface area contributed by atoms with E-state index in [0.29, 0.717) is 0 Å². The molecule has 0 bridgehead atoms. The van der Waals surface area contributed by atoms with E-state index in [-0.39, 0.29) is 29.2 Å². The molecule has 0 saturated carbocycles. The lowest BCUT2D eigenvalue weighted by Gasteiger charge is -2.36. The Hall–Kier alpha value is -3.27. The average Bonchev–Trinajstić information content (AvgIpc) is 3.03. The second kappa shape index (κ2) is 7.16. The summed E-state index contributed by atoms with van der Waals surface area (Å²) >= 11 is 0. The summed E-state index contributed by atoms with van der Waals surface area (Å²) in [4.78, 5) is 29.9. The summed E-state index contributed by atoms with van der Waals surface area (Å²) in [7, 11) is 0. The van der Waals surface area contributed by atoms with Crippen LogP contribution in [-0.2, 0) is 27.0 Å². The third kappa shape index (κ3) is 3.67. The van der Waals surface area contributed by atoms with Crippen molar-refractivity contribution >= 4 is 17.4 Å². The summed E-state index contributed by atoms with van der Waals surface area (Å²) in [5.41, 5.74) is 6.90. The number of benzene rings is 1. The summed E-state index contributed by atoms with van der Waals surface area (Å²) in [5.74, 6) is -0.543. The highest BCUT2D eigenvalue weighted by Gasteiger charge is 2.35. The molecule has 0 fully saturated rings. The Labute approximate surface area is 184 Å². The number of rotatable bonds is 4. The van der Waals surface area contributed by atoms with E-state index in [1.54, 1.807) is 0 Å². The molecule has 1 aromatic heterocycles. The summed E-state index contributed by atoms with van der Waals surface area (Å²) in [6.07, 6.45) is 7.13. The molecular weight excluding hydrogens is 384 g/mol. The Kier molecular flexibility index (Phi) is 4.84. The van der Waals surface area contributed by atoms with Crippen LogP contribution in [0.15, 0.2) is 61.2 Å². The van der Waals surface area contributed by atoms with Gasteiger partial charge in [-0.05, 0) is 29.2 Å². The van der Waals surface area contributed by atoms with Crippen LogP contribution in [0.1, 0.15) is 61.3 Å². The topological polar surface area (TPSA) is 50.3 Å². The van der Waals surface area contributed by atoms with Gasteiger partial charge < -0.3 is 0 Å². The van der Waals surface area contributed by atoms with Crippen LogP contribution in [0.3, 0.4) is 0 Å². The molecule has 4 rings (SSSR count). The van der Waals surface area contributed by atoms with Crippen LogP contribution < -0.4 is 0 Å². The lowest BCUT2D eigenvalue weighted by molar-refractivity contribution is -0.137. The second-order valence-electron chi connectivity index (χ2n) is 9.60. The van der Waals surface area contributed by atoms with Crippen molar-refractivity contribution in [3.63, 3.8) is 0 Å². The van der Waals surface area contributed by atoms with E-state index in [1.807, 2.05) is 24.3 Å². The quantitative estimate of drug-likeness (QED) is 0.524. The Morgan fingerprint density at radius 2 is 1.55 bits per heavy atom. The number of fused-ring (bicyclic) bond motifs is 1. The predicted molar refractivity (Wildman–Crippen MR) is 123 cm³/mol. The minimum Gasteiger partial charge on any atom is -0.271 e. The molecule has 2 heterocycles. The van der Waals surface area contributed by atoms with E-state index in [1.165, 1.54) is 22.6 Å².